The fourth-order valence-corrected chi connectivity index (χ4v) is 3.97. The number of thiophene rings is 1. The third-order valence-corrected chi connectivity index (χ3v) is 5.14. The van der Waals surface area contributed by atoms with Crippen molar-refractivity contribution in [3.63, 3.8) is 0 Å². The van der Waals surface area contributed by atoms with E-state index < -0.39 is 0 Å². The van der Waals surface area contributed by atoms with Crippen LogP contribution >= 0.6 is 27.3 Å². The lowest BCUT2D eigenvalue weighted by atomic mass is 10.0. The predicted octanol–water partition coefficient (Wildman–Crippen LogP) is 3.60. The zero-order valence-electron chi connectivity index (χ0n) is 10.2. The Balaban J connectivity index is 1.89. The Labute approximate surface area is 116 Å². The molecule has 1 fully saturated rings. The molecular weight excluding hydrogens is 298 g/mol. The van der Waals surface area contributed by atoms with Crippen LogP contribution in [0.2, 0.25) is 0 Å². The fourth-order valence-electron chi connectivity index (χ4n) is 2.37. The summed E-state index contributed by atoms with van der Waals surface area (Å²) in [6.07, 6.45) is 5.17. The SMILES string of the molecule is CCNC(Cc1sccc1Br)CC1CCCO1. The average Bonchev–Trinajstić information content (AvgIpc) is 2.92. The van der Waals surface area contributed by atoms with Crippen LogP contribution in [0.5, 0.6) is 0 Å². The molecule has 0 aromatic carbocycles. The standard InChI is InChI=1S/C13H20BrNOS/c1-2-15-10(8-11-4-3-6-16-11)9-13-12(14)5-7-17-13/h5,7,10-11,15H,2-4,6,8-9H2,1H3. The van der Waals surface area contributed by atoms with Crippen molar-refractivity contribution in [3.05, 3.63) is 20.8 Å². The van der Waals surface area contributed by atoms with Gasteiger partial charge < -0.3 is 10.1 Å². The summed E-state index contributed by atoms with van der Waals surface area (Å²) in [6.45, 7) is 4.15. The van der Waals surface area contributed by atoms with E-state index in [2.05, 4.69) is 39.6 Å². The summed E-state index contributed by atoms with van der Waals surface area (Å²) < 4.78 is 6.98. The van der Waals surface area contributed by atoms with Crippen LogP contribution in [-0.4, -0.2) is 25.3 Å². The van der Waals surface area contributed by atoms with E-state index in [1.165, 1.54) is 22.2 Å². The van der Waals surface area contributed by atoms with Crippen LogP contribution in [0.4, 0.5) is 0 Å². The second-order valence-corrected chi connectivity index (χ2v) is 6.38. The maximum Gasteiger partial charge on any atom is 0.0590 e. The molecule has 96 valence electrons. The molecule has 0 bridgehead atoms. The van der Waals surface area contributed by atoms with E-state index in [1.54, 1.807) is 0 Å². The van der Waals surface area contributed by atoms with E-state index in [4.69, 9.17) is 4.74 Å². The Morgan fingerprint density at radius 1 is 1.65 bits per heavy atom. The van der Waals surface area contributed by atoms with Gasteiger partial charge in [-0.15, -0.1) is 11.3 Å². The van der Waals surface area contributed by atoms with Crippen LogP contribution in [0.15, 0.2) is 15.9 Å². The maximum atomic E-state index is 5.73. The first-order valence-electron chi connectivity index (χ1n) is 6.36. The van der Waals surface area contributed by atoms with Crippen molar-refractivity contribution in [2.45, 2.75) is 44.8 Å². The largest absolute Gasteiger partial charge is 0.378 e. The highest BCUT2D eigenvalue weighted by atomic mass is 79.9. The van der Waals surface area contributed by atoms with E-state index in [-0.39, 0.29) is 0 Å². The second-order valence-electron chi connectivity index (χ2n) is 4.52. The average molecular weight is 318 g/mol. The summed E-state index contributed by atoms with van der Waals surface area (Å²) in [6, 6.07) is 2.67. The van der Waals surface area contributed by atoms with E-state index in [0.29, 0.717) is 12.1 Å². The molecule has 1 aliphatic heterocycles. The van der Waals surface area contributed by atoms with E-state index in [0.717, 1.165) is 26.0 Å². The minimum absolute atomic E-state index is 0.470. The van der Waals surface area contributed by atoms with Crippen molar-refractivity contribution in [3.8, 4) is 0 Å². The lowest BCUT2D eigenvalue weighted by Gasteiger charge is -2.20. The normalized spacial score (nSPS) is 21.9. The van der Waals surface area contributed by atoms with Gasteiger partial charge in [0.1, 0.15) is 0 Å². The zero-order chi connectivity index (χ0) is 12.1. The van der Waals surface area contributed by atoms with Gasteiger partial charge in [0.2, 0.25) is 0 Å². The molecule has 0 amide bonds. The molecule has 2 atom stereocenters. The van der Waals surface area contributed by atoms with Gasteiger partial charge in [0.25, 0.3) is 0 Å². The van der Waals surface area contributed by atoms with Crippen LogP contribution in [0.3, 0.4) is 0 Å². The third-order valence-electron chi connectivity index (χ3n) is 3.19. The minimum atomic E-state index is 0.470. The third kappa shape index (κ3) is 4.05. The van der Waals surface area contributed by atoms with Gasteiger partial charge >= 0.3 is 0 Å². The number of hydrogen-bond donors (Lipinski definition) is 1. The summed E-state index contributed by atoms with van der Waals surface area (Å²) in [7, 11) is 0. The number of ether oxygens (including phenoxy) is 1. The quantitative estimate of drug-likeness (QED) is 0.865. The maximum absolute atomic E-state index is 5.73. The molecule has 0 saturated carbocycles. The van der Waals surface area contributed by atoms with Crippen molar-refractivity contribution in [2.75, 3.05) is 13.2 Å². The van der Waals surface area contributed by atoms with Gasteiger partial charge in [-0.05, 0) is 59.6 Å². The molecule has 1 saturated heterocycles. The van der Waals surface area contributed by atoms with Crippen LogP contribution in [0.1, 0.15) is 31.1 Å². The molecule has 1 aromatic heterocycles. The summed E-state index contributed by atoms with van der Waals surface area (Å²) in [5.74, 6) is 0. The highest BCUT2D eigenvalue weighted by Crippen LogP contribution is 2.26. The van der Waals surface area contributed by atoms with Crippen LogP contribution in [-0.2, 0) is 11.2 Å². The number of likely N-dealkylation sites (N-methyl/N-ethyl adjacent to an activating group) is 1. The smallest absolute Gasteiger partial charge is 0.0590 e. The summed E-state index contributed by atoms with van der Waals surface area (Å²) in [5.41, 5.74) is 0. The lowest BCUT2D eigenvalue weighted by Crippen LogP contribution is -2.34. The minimum Gasteiger partial charge on any atom is -0.378 e. The highest BCUT2D eigenvalue weighted by Gasteiger charge is 2.21. The Morgan fingerprint density at radius 3 is 3.12 bits per heavy atom. The summed E-state index contributed by atoms with van der Waals surface area (Å²) >= 11 is 5.44. The van der Waals surface area contributed by atoms with Crippen molar-refractivity contribution in [2.24, 2.45) is 0 Å². The van der Waals surface area contributed by atoms with E-state index in [9.17, 15) is 0 Å². The Morgan fingerprint density at radius 2 is 2.53 bits per heavy atom. The molecule has 0 spiro atoms. The molecule has 0 radical (unpaired) electrons. The number of nitrogens with one attached hydrogen (secondary N) is 1. The molecule has 1 N–H and O–H groups in total. The number of halogens is 1. The molecular formula is C13H20BrNOS. The first-order chi connectivity index (χ1) is 8.29. The van der Waals surface area contributed by atoms with Crippen molar-refractivity contribution in [1.29, 1.82) is 0 Å². The van der Waals surface area contributed by atoms with Crippen LogP contribution in [0.25, 0.3) is 0 Å². The van der Waals surface area contributed by atoms with Gasteiger partial charge in [0, 0.05) is 22.0 Å². The van der Waals surface area contributed by atoms with Gasteiger partial charge in [0.15, 0.2) is 0 Å². The Hall–Kier alpha value is 0.1000. The molecule has 2 rings (SSSR count). The number of hydrogen-bond acceptors (Lipinski definition) is 3. The molecule has 0 aliphatic carbocycles. The Kier molecular flexibility index (Phi) is 5.48. The molecule has 2 nitrogen and oxygen atoms in total. The monoisotopic (exact) mass is 317 g/mol. The molecule has 1 aliphatic rings. The number of rotatable bonds is 6. The summed E-state index contributed by atoms with van der Waals surface area (Å²) in [4.78, 5) is 1.44. The Bertz CT molecular complexity index is 336. The summed E-state index contributed by atoms with van der Waals surface area (Å²) in [5, 5.41) is 5.73. The first kappa shape index (κ1) is 13.5. The van der Waals surface area contributed by atoms with Crippen LogP contribution in [0, 0.1) is 0 Å². The van der Waals surface area contributed by atoms with Gasteiger partial charge in [-0.25, -0.2) is 0 Å². The van der Waals surface area contributed by atoms with Gasteiger partial charge in [-0.2, -0.15) is 0 Å². The molecule has 2 heterocycles. The van der Waals surface area contributed by atoms with Crippen molar-refractivity contribution in [1.82, 2.24) is 5.32 Å². The van der Waals surface area contributed by atoms with Crippen molar-refractivity contribution >= 4 is 27.3 Å². The second kappa shape index (κ2) is 6.88. The van der Waals surface area contributed by atoms with Crippen LogP contribution < -0.4 is 5.32 Å². The molecule has 2 unspecified atom stereocenters. The van der Waals surface area contributed by atoms with Gasteiger partial charge in [-0.3, -0.25) is 0 Å². The van der Waals surface area contributed by atoms with E-state index in [1.807, 2.05) is 11.3 Å². The topological polar surface area (TPSA) is 21.3 Å². The molecule has 17 heavy (non-hydrogen) atoms. The van der Waals surface area contributed by atoms with Gasteiger partial charge in [-0.1, -0.05) is 6.92 Å². The molecule has 4 heteroatoms. The van der Waals surface area contributed by atoms with Crippen molar-refractivity contribution < 1.29 is 4.74 Å². The fraction of sp³-hybridized carbons (Fsp3) is 0.692. The zero-order valence-corrected chi connectivity index (χ0v) is 12.6. The first-order valence-corrected chi connectivity index (χ1v) is 8.03. The highest BCUT2D eigenvalue weighted by molar-refractivity contribution is 9.10. The predicted molar refractivity (Wildman–Crippen MR) is 76.8 cm³/mol. The molecule has 1 aromatic rings. The van der Waals surface area contributed by atoms with Gasteiger partial charge in [0.05, 0.1) is 6.10 Å². The lowest BCUT2D eigenvalue weighted by molar-refractivity contribution is 0.0948. The van der Waals surface area contributed by atoms with E-state index >= 15 is 0 Å².